The van der Waals surface area contributed by atoms with Gasteiger partial charge in [-0.15, -0.1) is 0 Å². The highest BCUT2D eigenvalue weighted by Crippen LogP contribution is 2.10. The fourth-order valence-corrected chi connectivity index (χ4v) is 2.13. The summed E-state index contributed by atoms with van der Waals surface area (Å²) in [6.45, 7) is 7.10. The summed E-state index contributed by atoms with van der Waals surface area (Å²) in [6.07, 6.45) is -0.329. The Morgan fingerprint density at radius 2 is 2.17 bits per heavy atom. The maximum Gasteiger partial charge on any atom is 0.292 e. The number of carbonyl (C=O) groups is 1. The van der Waals surface area contributed by atoms with Crippen LogP contribution in [0.3, 0.4) is 0 Å². The van der Waals surface area contributed by atoms with E-state index in [-0.39, 0.29) is 12.0 Å². The first-order valence-corrected chi connectivity index (χ1v) is 6.19. The van der Waals surface area contributed by atoms with Crippen LogP contribution in [-0.4, -0.2) is 64.8 Å². The van der Waals surface area contributed by atoms with Crippen LogP contribution in [0.1, 0.15) is 23.2 Å². The van der Waals surface area contributed by atoms with Gasteiger partial charge in [-0.3, -0.25) is 9.69 Å². The second kappa shape index (κ2) is 5.49. The standard InChI is InChI=1S/C12H19N3O3/c1-9-7-11(18-13-9)12(17)15-5-3-14(4-6-15)8-10(2)16/h7,10,16H,3-6,8H2,1-2H3/t10-/m1/s1. The Hall–Kier alpha value is -1.40. The van der Waals surface area contributed by atoms with Crippen LogP contribution in [0.2, 0.25) is 0 Å². The van der Waals surface area contributed by atoms with E-state index in [0.29, 0.717) is 31.1 Å². The smallest absolute Gasteiger partial charge is 0.292 e. The Bertz CT molecular complexity index is 408. The van der Waals surface area contributed by atoms with Crippen molar-refractivity contribution in [3.63, 3.8) is 0 Å². The van der Waals surface area contributed by atoms with Crippen molar-refractivity contribution in [2.45, 2.75) is 20.0 Å². The number of hydrogen-bond donors (Lipinski definition) is 1. The topological polar surface area (TPSA) is 69.8 Å². The molecule has 0 radical (unpaired) electrons. The first-order valence-electron chi connectivity index (χ1n) is 6.19. The molecule has 0 aliphatic carbocycles. The third kappa shape index (κ3) is 3.08. The highest BCUT2D eigenvalue weighted by atomic mass is 16.5. The number of rotatable bonds is 3. The van der Waals surface area contributed by atoms with Gasteiger partial charge in [-0.25, -0.2) is 0 Å². The van der Waals surface area contributed by atoms with Gasteiger partial charge in [0.15, 0.2) is 0 Å². The minimum atomic E-state index is -0.329. The SMILES string of the molecule is Cc1cc(C(=O)N2CCN(C[C@@H](C)O)CC2)on1. The van der Waals surface area contributed by atoms with E-state index < -0.39 is 0 Å². The number of amides is 1. The fourth-order valence-electron chi connectivity index (χ4n) is 2.13. The summed E-state index contributed by atoms with van der Waals surface area (Å²) in [5.74, 6) is 0.198. The van der Waals surface area contributed by atoms with Gasteiger partial charge >= 0.3 is 0 Å². The van der Waals surface area contributed by atoms with Crippen LogP contribution in [0, 0.1) is 6.92 Å². The Kier molecular flexibility index (Phi) is 3.98. The van der Waals surface area contributed by atoms with Crippen molar-refractivity contribution in [2.24, 2.45) is 0 Å². The molecule has 1 aromatic rings. The molecule has 6 heteroatoms. The van der Waals surface area contributed by atoms with E-state index in [0.717, 1.165) is 13.1 Å². The molecule has 0 unspecified atom stereocenters. The van der Waals surface area contributed by atoms with Crippen LogP contribution < -0.4 is 0 Å². The second-order valence-corrected chi connectivity index (χ2v) is 4.77. The van der Waals surface area contributed by atoms with Gasteiger partial charge in [0.25, 0.3) is 5.91 Å². The van der Waals surface area contributed by atoms with Crippen LogP contribution in [0.5, 0.6) is 0 Å². The molecule has 1 aromatic heterocycles. The van der Waals surface area contributed by atoms with Gasteiger partial charge in [0, 0.05) is 38.8 Å². The van der Waals surface area contributed by atoms with Crippen molar-refractivity contribution in [2.75, 3.05) is 32.7 Å². The number of hydrogen-bond acceptors (Lipinski definition) is 5. The van der Waals surface area contributed by atoms with E-state index in [9.17, 15) is 9.90 Å². The number of aliphatic hydroxyl groups is 1. The van der Waals surface area contributed by atoms with Gasteiger partial charge in [-0.05, 0) is 13.8 Å². The average molecular weight is 253 g/mol. The van der Waals surface area contributed by atoms with Crippen molar-refractivity contribution in [1.29, 1.82) is 0 Å². The number of β-amino-alcohol motifs (C(OH)–C–C–N with tert-alkyl or cyclic N) is 1. The molecular formula is C12H19N3O3. The lowest BCUT2D eigenvalue weighted by atomic mass is 10.2. The molecule has 0 saturated carbocycles. The number of aromatic nitrogens is 1. The van der Waals surface area contributed by atoms with Crippen molar-refractivity contribution in [1.82, 2.24) is 15.0 Å². The van der Waals surface area contributed by atoms with E-state index in [4.69, 9.17) is 4.52 Å². The highest BCUT2D eigenvalue weighted by Gasteiger charge is 2.24. The summed E-state index contributed by atoms with van der Waals surface area (Å²) in [4.78, 5) is 16.0. The number of aliphatic hydroxyl groups excluding tert-OH is 1. The molecule has 1 N–H and O–H groups in total. The van der Waals surface area contributed by atoms with Gasteiger partial charge in [-0.1, -0.05) is 5.16 Å². The molecule has 0 spiro atoms. The largest absolute Gasteiger partial charge is 0.392 e. The average Bonchev–Trinajstić information content (AvgIpc) is 2.75. The van der Waals surface area contributed by atoms with Crippen LogP contribution in [-0.2, 0) is 0 Å². The molecule has 6 nitrogen and oxygen atoms in total. The zero-order valence-electron chi connectivity index (χ0n) is 10.8. The minimum absolute atomic E-state index is 0.104. The second-order valence-electron chi connectivity index (χ2n) is 4.77. The van der Waals surface area contributed by atoms with E-state index in [1.54, 1.807) is 24.8 Å². The normalized spacial score (nSPS) is 18.9. The number of carbonyl (C=O) groups excluding carboxylic acids is 1. The third-order valence-electron chi connectivity index (χ3n) is 3.02. The predicted molar refractivity (Wildman–Crippen MR) is 65.3 cm³/mol. The Morgan fingerprint density at radius 1 is 1.50 bits per heavy atom. The maximum absolute atomic E-state index is 12.1. The van der Waals surface area contributed by atoms with Gasteiger partial charge in [0.1, 0.15) is 0 Å². The molecule has 100 valence electrons. The van der Waals surface area contributed by atoms with Gasteiger partial charge < -0.3 is 14.5 Å². The van der Waals surface area contributed by atoms with Gasteiger partial charge in [0.05, 0.1) is 11.8 Å². The molecule has 1 aliphatic heterocycles. The van der Waals surface area contributed by atoms with E-state index >= 15 is 0 Å². The van der Waals surface area contributed by atoms with Gasteiger partial charge in [-0.2, -0.15) is 0 Å². The zero-order chi connectivity index (χ0) is 13.1. The molecule has 1 amide bonds. The van der Waals surface area contributed by atoms with Crippen LogP contribution >= 0.6 is 0 Å². The first kappa shape index (κ1) is 13.0. The lowest BCUT2D eigenvalue weighted by molar-refractivity contribution is 0.0520. The van der Waals surface area contributed by atoms with E-state index in [1.807, 2.05) is 0 Å². The van der Waals surface area contributed by atoms with E-state index in [2.05, 4.69) is 10.1 Å². The zero-order valence-corrected chi connectivity index (χ0v) is 10.8. The fraction of sp³-hybridized carbons (Fsp3) is 0.667. The Balaban J connectivity index is 1.88. The van der Waals surface area contributed by atoms with Crippen LogP contribution in [0.15, 0.2) is 10.6 Å². The van der Waals surface area contributed by atoms with Crippen LogP contribution in [0.25, 0.3) is 0 Å². The Labute approximate surface area is 106 Å². The van der Waals surface area contributed by atoms with Crippen molar-refractivity contribution in [3.05, 3.63) is 17.5 Å². The molecule has 1 saturated heterocycles. The highest BCUT2D eigenvalue weighted by molar-refractivity contribution is 5.91. The summed E-state index contributed by atoms with van der Waals surface area (Å²) in [7, 11) is 0. The van der Waals surface area contributed by atoms with Crippen LogP contribution in [0.4, 0.5) is 0 Å². The summed E-state index contributed by atoms with van der Waals surface area (Å²) >= 11 is 0. The number of nitrogens with zero attached hydrogens (tertiary/aromatic N) is 3. The summed E-state index contributed by atoms with van der Waals surface area (Å²) in [5, 5.41) is 13.0. The third-order valence-corrected chi connectivity index (χ3v) is 3.02. The molecule has 0 aromatic carbocycles. The molecule has 18 heavy (non-hydrogen) atoms. The van der Waals surface area contributed by atoms with E-state index in [1.165, 1.54) is 0 Å². The molecule has 0 bridgehead atoms. The predicted octanol–water partition coefficient (Wildman–Crippen LogP) is 0.122. The minimum Gasteiger partial charge on any atom is -0.392 e. The van der Waals surface area contributed by atoms with Crippen molar-refractivity contribution in [3.8, 4) is 0 Å². The molecule has 1 aliphatic rings. The molecule has 2 rings (SSSR count). The first-order chi connectivity index (χ1) is 8.56. The number of piperazine rings is 1. The summed E-state index contributed by atoms with van der Waals surface area (Å²) in [6, 6.07) is 1.66. The number of aryl methyl sites for hydroxylation is 1. The molecule has 1 atom stereocenters. The molecule has 1 fully saturated rings. The molecular weight excluding hydrogens is 234 g/mol. The van der Waals surface area contributed by atoms with Gasteiger partial charge in [0.2, 0.25) is 5.76 Å². The summed E-state index contributed by atoms with van der Waals surface area (Å²) in [5.41, 5.74) is 0.714. The maximum atomic E-state index is 12.1. The Morgan fingerprint density at radius 3 is 2.67 bits per heavy atom. The van der Waals surface area contributed by atoms with Crippen molar-refractivity contribution >= 4 is 5.91 Å². The lowest BCUT2D eigenvalue weighted by Crippen LogP contribution is -2.50. The monoisotopic (exact) mass is 253 g/mol. The lowest BCUT2D eigenvalue weighted by Gasteiger charge is -2.34. The summed E-state index contributed by atoms with van der Waals surface area (Å²) < 4.78 is 4.98. The quantitative estimate of drug-likeness (QED) is 0.828. The van der Waals surface area contributed by atoms with Crippen molar-refractivity contribution < 1.29 is 14.4 Å². The molecule has 2 heterocycles.